The number of hydrogen-bond donors (Lipinski definition) is 0. The van der Waals surface area contributed by atoms with Crippen molar-refractivity contribution in [1.29, 1.82) is 0 Å². The molecular formula is C18H20F2N4O2S. The van der Waals surface area contributed by atoms with Gasteiger partial charge in [-0.1, -0.05) is 12.1 Å². The van der Waals surface area contributed by atoms with Crippen LogP contribution in [0.15, 0.2) is 16.7 Å². The van der Waals surface area contributed by atoms with E-state index in [0.29, 0.717) is 12.2 Å². The maximum atomic E-state index is 12.6. The number of aromatic nitrogens is 4. The normalized spacial score (nSPS) is 11.3. The van der Waals surface area contributed by atoms with Gasteiger partial charge in [0.25, 0.3) is 5.89 Å². The number of ether oxygens (including phenoxy) is 1. The second kappa shape index (κ2) is 8.51. The highest BCUT2D eigenvalue weighted by atomic mass is 32.1. The van der Waals surface area contributed by atoms with E-state index in [-0.39, 0.29) is 5.82 Å². The topological polar surface area (TPSA) is 73.9 Å². The number of alkyl halides is 2. The monoisotopic (exact) mass is 394 g/mol. The number of hydrogen-bond acceptors (Lipinski definition) is 7. The van der Waals surface area contributed by atoms with E-state index in [1.54, 1.807) is 23.5 Å². The molecule has 0 aliphatic heterocycles. The van der Waals surface area contributed by atoms with Crippen LogP contribution in [0.5, 0.6) is 5.75 Å². The first-order valence-electron chi connectivity index (χ1n) is 8.65. The minimum Gasteiger partial charge on any atom is -0.493 e. The van der Waals surface area contributed by atoms with E-state index < -0.39 is 12.3 Å². The molecule has 0 bridgehead atoms. The number of nitrogens with zero attached hydrogens (tertiary/aromatic N) is 4. The highest BCUT2D eigenvalue weighted by Crippen LogP contribution is 2.30. The highest BCUT2D eigenvalue weighted by molar-refractivity contribution is 7.11. The van der Waals surface area contributed by atoms with Gasteiger partial charge in [0, 0.05) is 12.0 Å². The van der Waals surface area contributed by atoms with Crippen LogP contribution in [0.1, 0.15) is 46.8 Å². The van der Waals surface area contributed by atoms with E-state index in [1.807, 2.05) is 13.8 Å². The summed E-state index contributed by atoms with van der Waals surface area (Å²) in [6, 6.07) is 3.61. The van der Waals surface area contributed by atoms with Crippen molar-refractivity contribution in [3.63, 3.8) is 0 Å². The van der Waals surface area contributed by atoms with Crippen molar-refractivity contribution in [3.8, 4) is 17.1 Å². The van der Waals surface area contributed by atoms with Crippen LogP contribution >= 0.6 is 11.3 Å². The molecule has 0 aliphatic carbocycles. The molecule has 0 aliphatic rings. The summed E-state index contributed by atoms with van der Waals surface area (Å²) in [6.07, 6.45) is -0.218. The number of rotatable bonds is 8. The zero-order valence-corrected chi connectivity index (χ0v) is 16.1. The van der Waals surface area contributed by atoms with E-state index in [0.717, 1.165) is 46.2 Å². The van der Waals surface area contributed by atoms with Crippen molar-refractivity contribution < 1.29 is 18.0 Å². The van der Waals surface area contributed by atoms with Gasteiger partial charge in [0.1, 0.15) is 15.8 Å². The molecule has 0 atom stereocenters. The first-order chi connectivity index (χ1) is 13.0. The van der Waals surface area contributed by atoms with Gasteiger partial charge in [-0.15, -0.1) is 21.5 Å². The van der Waals surface area contributed by atoms with Crippen LogP contribution in [0.4, 0.5) is 8.78 Å². The molecule has 0 amide bonds. The molecule has 0 unspecified atom stereocenters. The Morgan fingerprint density at radius 3 is 2.44 bits per heavy atom. The fourth-order valence-corrected chi connectivity index (χ4v) is 3.50. The fourth-order valence-electron chi connectivity index (χ4n) is 2.68. The molecule has 3 rings (SSSR count). The van der Waals surface area contributed by atoms with Gasteiger partial charge in [-0.25, -0.2) is 0 Å². The van der Waals surface area contributed by atoms with E-state index in [2.05, 4.69) is 31.8 Å². The molecular weight excluding hydrogens is 374 g/mol. The van der Waals surface area contributed by atoms with Crippen LogP contribution in [0, 0.1) is 13.8 Å². The van der Waals surface area contributed by atoms with Gasteiger partial charge >= 0.3 is 6.43 Å². The molecule has 1 aromatic carbocycles. The first kappa shape index (κ1) is 19.3. The molecule has 0 spiro atoms. The fraction of sp³-hybridized carbons (Fsp3) is 0.444. The molecule has 9 heteroatoms. The molecule has 0 fully saturated rings. The SMILES string of the molecule is CCc1nnc(CCCOc2c(C)cc(-c3noc(C(F)F)n3)cc2C)s1. The van der Waals surface area contributed by atoms with Crippen molar-refractivity contribution in [2.45, 2.75) is 46.5 Å². The average molecular weight is 394 g/mol. The summed E-state index contributed by atoms with van der Waals surface area (Å²) in [5.74, 6) is 0.248. The van der Waals surface area contributed by atoms with Gasteiger partial charge in [-0.05, 0) is 49.9 Å². The Labute approximate surface area is 159 Å². The van der Waals surface area contributed by atoms with Crippen LogP contribution in [0.3, 0.4) is 0 Å². The van der Waals surface area contributed by atoms with Crippen LogP contribution < -0.4 is 4.74 Å². The van der Waals surface area contributed by atoms with Gasteiger partial charge < -0.3 is 9.26 Å². The number of aryl methyl sites for hydroxylation is 4. The Hall–Kier alpha value is -2.42. The first-order valence-corrected chi connectivity index (χ1v) is 9.47. The molecule has 0 N–H and O–H groups in total. The van der Waals surface area contributed by atoms with Crippen molar-refractivity contribution in [2.75, 3.05) is 6.61 Å². The molecule has 2 aromatic heterocycles. The summed E-state index contributed by atoms with van der Waals surface area (Å²) in [7, 11) is 0. The zero-order chi connectivity index (χ0) is 19.4. The lowest BCUT2D eigenvalue weighted by Gasteiger charge is -2.13. The molecule has 6 nitrogen and oxygen atoms in total. The molecule has 0 radical (unpaired) electrons. The highest BCUT2D eigenvalue weighted by Gasteiger charge is 2.18. The molecule has 2 heterocycles. The molecule has 144 valence electrons. The number of benzene rings is 1. The predicted molar refractivity (Wildman–Crippen MR) is 97.3 cm³/mol. The van der Waals surface area contributed by atoms with Crippen LogP contribution in [0.25, 0.3) is 11.4 Å². The Bertz CT molecular complexity index is 887. The van der Waals surface area contributed by atoms with Crippen molar-refractivity contribution in [2.24, 2.45) is 0 Å². The molecule has 0 saturated heterocycles. The van der Waals surface area contributed by atoms with E-state index in [1.165, 1.54) is 0 Å². The lowest BCUT2D eigenvalue weighted by Crippen LogP contribution is -2.02. The average Bonchev–Trinajstić information content (AvgIpc) is 3.29. The Kier molecular flexibility index (Phi) is 6.10. The minimum atomic E-state index is -2.78. The Balaban J connectivity index is 1.62. The van der Waals surface area contributed by atoms with Gasteiger partial charge in [0.05, 0.1) is 6.61 Å². The summed E-state index contributed by atoms with van der Waals surface area (Å²) in [4.78, 5) is 3.73. The quantitative estimate of drug-likeness (QED) is 0.515. The van der Waals surface area contributed by atoms with E-state index in [9.17, 15) is 8.78 Å². The summed E-state index contributed by atoms with van der Waals surface area (Å²) in [5, 5.41) is 14.0. The Morgan fingerprint density at radius 2 is 1.85 bits per heavy atom. The third kappa shape index (κ3) is 4.65. The third-order valence-electron chi connectivity index (χ3n) is 3.94. The zero-order valence-electron chi connectivity index (χ0n) is 15.3. The minimum absolute atomic E-state index is 0.144. The predicted octanol–water partition coefficient (Wildman–Crippen LogP) is 4.72. The van der Waals surface area contributed by atoms with Gasteiger partial charge in [-0.3, -0.25) is 0 Å². The van der Waals surface area contributed by atoms with Crippen LogP contribution in [-0.2, 0) is 12.8 Å². The lowest BCUT2D eigenvalue weighted by molar-refractivity contribution is 0.106. The third-order valence-corrected chi connectivity index (χ3v) is 5.07. The van der Waals surface area contributed by atoms with Gasteiger partial charge in [-0.2, -0.15) is 13.8 Å². The van der Waals surface area contributed by atoms with Crippen LogP contribution in [0.2, 0.25) is 0 Å². The molecule has 27 heavy (non-hydrogen) atoms. The summed E-state index contributed by atoms with van der Waals surface area (Å²) in [6.45, 7) is 6.42. The second-order valence-electron chi connectivity index (χ2n) is 6.09. The summed E-state index contributed by atoms with van der Waals surface area (Å²) >= 11 is 1.64. The van der Waals surface area contributed by atoms with E-state index >= 15 is 0 Å². The largest absolute Gasteiger partial charge is 0.493 e. The number of halogens is 2. The maximum Gasteiger partial charge on any atom is 0.315 e. The summed E-state index contributed by atoms with van der Waals surface area (Å²) in [5.41, 5.74) is 2.39. The van der Waals surface area contributed by atoms with Crippen LogP contribution in [-0.4, -0.2) is 26.9 Å². The second-order valence-corrected chi connectivity index (χ2v) is 7.24. The standard InChI is InChI=1S/C18H20F2N4O2S/c1-4-13-22-23-14(27-13)6-5-7-25-15-10(2)8-12(9-11(15)3)17-21-18(16(19)20)26-24-17/h8-9,16H,4-7H2,1-3H3. The van der Waals surface area contributed by atoms with Crippen molar-refractivity contribution in [3.05, 3.63) is 39.2 Å². The van der Waals surface area contributed by atoms with Crippen molar-refractivity contribution in [1.82, 2.24) is 20.3 Å². The molecule has 0 saturated carbocycles. The lowest BCUT2D eigenvalue weighted by atomic mass is 10.1. The Morgan fingerprint density at radius 1 is 1.15 bits per heavy atom. The summed E-state index contributed by atoms with van der Waals surface area (Å²) < 4.78 is 35.7. The van der Waals surface area contributed by atoms with Gasteiger partial charge in [0.15, 0.2) is 0 Å². The smallest absolute Gasteiger partial charge is 0.315 e. The van der Waals surface area contributed by atoms with Crippen molar-refractivity contribution >= 4 is 11.3 Å². The molecule has 3 aromatic rings. The maximum absolute atomic E-state index is 12.6. The van der Waals surface area contributed by atoms with Gasteiger partial charge in [0.2, 0.25) is 5.82 Å². The van der Waals surface area contributed by atoms with E-state index in [4.69, 9.17) is 4.74 Å².